The zero-order valence-corrected chi connectivity index (χ0v) is 14.0. The van der Waals surface area contributed by atoms with E-state index in [0.717, 1.165) is 29.8 Å². The summed E-state index contributed by atoms with van der Waals surface area (Å²) in [6.45, 7) is 6.54. The number of hydrogen-bond acceptors (Lipinski definition) is 4. The van der Waals surface area contributed by atoms with Crippen molar-refractivity contribution in [1.29, 1.82) is 5.26 Å². The largest absolute Gasteiger partial charge is 0.396 e. The Morgan fingerprint density at radius 2 is 2.00 bits per heavy atom. The van der Waals surface area contributed by atoms with Crippen molar-refractivity contribution in [2.75, 3.05) is 6.61 Å². The standard InChI is InChI=1S/C18H24N4O/c1-13(5-4-10-23)21-14(2)18-12-20-22(15(18)3)17-8-6-16(11-19)7-9-17/h6-9,12-14,21,23H,4-5,10H2,1-3H3. The van der Waals surface area contributed by atoms with Gasteiger partial charge in [0.1, 0.15) is 0 Å². The number of aromatic nitrogens is 2. The van der Waals surface area contributed by atoms with Gasteiger partial charge in [-0.3, -0.25) is 0 Å². The maximum absolute atomic E-state index is 8.92. The van der Waals surface area contributed by atoms with Crippen molar-refractivity contribution >= 4 is 0 Å². The average Bonchev–Trinajstić information content (AvgIpc) is 2.94. The summed E-state index contributed by atoms with van der Waals surface area (Å²) in [7, 11) is 0. The minimum Gasteiger partial charge on any atom is -0.396 e. The molecule has 5 nitrogen and oxygen atoms in total. The predicted molar refractivity (Wildman–Crippen MR) is 90.3 cm³/mol. The first-order chi connectivity index (χ1) is 11.1. The van der Waals surface area contributed by atoms with Crippen molar-refractivity contribution in [3.05, 3.63) is 47.3 Å². The summed E-state index contributed by atoms with van der Waals surface area (Å²) in [5.41, 5.74) is 3.84. The number of nitrogens with one attached hydrogen (secondary N) is 1. The molecule has 23 heavy (non-hydrogen) atoms. The molecule has 0 aliphatic heterocycles. The first kappa shape index (κ1) is 17.2. The maximum atomic E-state index is 8.92. The monoisotopic (exact) mass is 312 g/mol. The van der Waals surface area contributed by atoms with Crippen LogP contribution in [-0.2, 0) is 0 Å². The van der Waals surface area contributed by atoms with Crippen LogP contribution in [0.2, 0.25) is 0 Å². The molecule has 2 atom stereocenters. The molecule has 0 amide bonds. The Morgan fingerprint density at radius 1 is 1.30 bits per heavy atom. The highest BCUT2D eigenvalue weighted by atomic mass is 16.2. The Bertz CT molecular complexity index is 669. The Hall–Kier alpha value is -2.16. The molecule has 0 spiro atoms. The van der Waals surface area contributed by atoms with Gasteiger partial charge in [0.2, 0.25) is 0 Å². The third-order valence-corrected chi connectivity index (χ3v) is 4.09. The van der Waals surface area contributed by atoms with Crippen molar-refractivity contribution in [1.82, 2.24) is 15.1 Å². The van der Waals surface area contributed by atoms with Gasteiger partial charge < -0.3 is 10.4 Å². The fraction of sp³-hybridized carbons (Fsp3) is 0.444. The van der Waals surface area contributed by atoms with Gasteiger partial charge in [0.05, 0.1) is 23.5 Å². The number of benzene rings is 1. The molecule has 5 heteroatoms. The van der Waals surface area contributed by atoms with Crippen molar-refractivity contribution in [3.63, 3.8) is 0 Å². The van der Waals surface area contributed by atoms with Crippen molar-refractivity contribution in [2.24, 2.45) is 0 Å². The van der Waals surface area contributed by atoms with E-state index in [0.29, 0.717) is 11.6 Å². The van der Waals surface area contributed by atoms with Crippen LogP contribution >= 0.6 is 0 Å². The van der Waals surface area contributed by atoms with E-state index >= 15 is 0 Å². The number of nitrogens with zero attached hydrogens (tertiary/aromatic N) is 3. The molecule has 0 aliphatic rings. The van der Waals surface area contributed by atoms with Gasteiger partial charge >= 0.3 is 0 Å². The molecule has 2 rings (SSSR count). The van der Waals surface area contributed by atoms with Crippen molar-refractivity contribution in [3.8, 4) is 11.8 Å². The highest BCUT2D eigenvalue weighted by molar-refractivity contribution is 5.40. The quantitative estimate of drug-likeness (QED) is 0.824. The molecule has 0 fully saturated rings. The van der Waals surface area contributed by atoms with Crippen LogP contribution in [0, 0.1) is 18.3 Å². The zero-order valence-electron chi connectivity index (χ0n) is 14.0. The van der Waals surface area contributed by atoms with E-state index in [4.69, 9.17) is 10.4 Å². The topological polar surface area (TPSA) is 73.9 Å². The van der Waals surface area contributed by atoms with E-state index in [2.05, 4.69) is 37.3 Å². The summed E-state index contributed by atoms with van der Waals surface area (Å²) in [6, 6.07) is 10.1. The SMILES string of the molecule is Cc1c(C(C)NC(C)CCCO)cnn1-c1ccc(C#N)cc1. The van der Waals surface area contributed by atoms with Crippen molar-refractivity contribution < 1.29 is 5.11 Å². The summed E-state index contributed by atoms with van der Waals surface area (Å²) in [4.78, 5) is 0. The first-order valence-electron chi connectivity index (χ1n) is 7.98. The molecule has 0 aliphatic carbocycles. The van der Waals surface area contributed by atoms with E-state index in [1.54, 1.807) is 12.1 Å². The van der Waals surface area contributed by atoms with Gasteiger partial charge in [-0.1, -0.05) is 0 Å². The average molecular weight is 312 g/mol. The van der Waals surface area contributed by atoms with Gasteiger partial charge in [-0.2, -0.15) is 10.4 Å². The molecular formula is C18H24N4O. The second-order valence-corrected chi connectivity index (χ2v) is 5.91. The molecule has 122 valence electrons. The number of nitriles is 1. The lowest BCUT2D eigenvalue weighted by atomic mass is 10.1. The molecule has 2 aromatic rings. The zero-order chi connectivity index (χ0) is 16.8. The molecule has 1 heterocycles. The lowest BCUT2D eigenvalue weighted by Crippen LogP contribution is -2.29. The van der Waals surface area contributed by atoms with E-state index in [1.165, 1.54) is 0 Å². The highest BCUT2D eigenvalue weighted by Gasteiger charge is 2.16. The minimum atomic E-state index is 0.191. The third-order valence-electron chi connectivity index (χ3n) is 4.09. The predicted octanol–water partition coefficient (Wildman–Crippen LogP) is 2.86. The van der Waals surface area contributed by atoms with Gasteiger partial charge in [0.25, 0.3) is 0 Å². The van der Waals surface area contributed by atoms with Gasteiger partial charge in [-0.25, -0.2) is 4.68 Å². The van der Waals surface area contributed by atoms with E-state index < -0.39 is 0 Å². The summed E-state index contributed by atoms with van der Waals surface area (Å²) < 4.78 is 1.90. The Morgan fingerprint density at radius 3 is 2.61 bits per heavy atom. The highest BCUT2D eigenvalue weighted by Crippen LogP contribution is 2.21. The van der Waals surface area contributed by atoms with E-state index in [-0.39, 0.29) is 12.6 Å². The van der Waals surface area contributed by atoms with E-state index in [9.17, 15) is 0 Å². The van der Waals surface area contributed by atoms with Gasteiger partial charge in [-0.05, 0) is 57.9 Å². The molecule has 0 saturated heterocycles. The third kappa shape index (κ3) is 4.19. The smallest absolute Gasteiger partial charge is 0.0991 e. The van der Waals surface area contributed by atoms with Crippen molar-refractivity contribution in [2.45, 2.75) is 45.7 Å². The van der Waals surface area contributed by atoms with Crippen LogP contribution in [0.4, 0.5) is 0 Å². The Labute approximate surface area is 137 Å². The van der Waals surface area contributed by atoms with Crippen LogP contribution in [0.25, 0.3) is 5.69 Å². The molecule has 2 unspecified atom stereocenters. The summed E-state index contributed by atoms with van der Waals surface area (Å²) in [5, 5.41) is 25.8. The Balaban J connectivity index is 2.13. The van der Waals surface area contributed by atoms with E-state index in [1.807, 2.05) is 23.0 Å². The summed E-state index contributed by atoms with van der Waals surface area (Å²) in [5.74, 6) is 0. The number of rotatable bonds is 7. The summed E-state index contributed by atoms with van der Waals surface area (Å²) in [6.07, 6.45) is 3.65. The fourth-order valence-electron chi connectivity index (χ4n) is 2.78. The number of hydrogen-bond donors (Lipinski definition) is 2. The molecule has 1 aromatic carbocycles. The van der Waals surface area contributed by atoms with Crippen LogP contribution < -0.4 is 5.32 Å². The molecule has 1 aromatic heterocycles. The van der Waals surface area contributed by atoms with Crippen LogP contribution in [0.3, 0.4) is 0 Å². The lowest BCUT2D eigenvalue weighted by Gasteiger charge is -2.19. The Kier molecular flexibility index (Phi) is 5.91. The first-order valence-corrected chi connectivity index (χ1v) is 7.98. The number of aliphatic hydroxyl groups is 1. The molecule has 2 N–H and O–H groups in total. The minimum absolute atomic E-state index is 0.191. The second-order valence-electron chi connectivity index (χ2n) is 5.91. The van der Waals surface area contributed by atoms with Gasteiger partial charge in [0, 0.05) is 29.9 Å². The summed E-state index contributed by atoms with van der Waals surface area (Å²) >= 11 is 0. The lowest BCUT2D eigenvalue weighted by molar-refractivity contribution is 0.274. The van der Waals surface area contributed by atoms with Crippen LogP contribution in [-0.4, -0.2) is 27.5 Å². The van der Waals surface area contributed by atoms with Gasteiger partial charge in [0.15, 0.2) is 0 Å². The van der Waals surface area contributed by atoms with Crippen LogP contribution in [0.5, 0.6) is 0 Å². The molecule has 0 saturated carbocycles. The normalized spacial score (nSPS) is 13.5. The number of aliphatic hydroxyl groups excluding tert-OH is 1. The molecule has 0 bridgehead atoms. The van der Waals surface area contributed by atoms with Gasteiger partial charge in [-0.15, -0.1) is 0 Å². The molecule has 0 radical (unpaired) electrons. The van der Waals surface area contributed by atoms with Crippen LogP contribution in [0.1, 0.15) is 49.6 Å². The molecular weight excluding hydrogens is 288 g/mol. The van der Waals surface area contributed by atoms with Crippen LogP contribution in [0.15, 0.2) is 30.5 Å². The maximum Gasteiger partial charge on any atom is 0.0991 e. The fourth-order valence-corrected chi connectivity index (χ4v) is 2.78. The second kappa shape index (κ2) is 7.91.